The molecule has 0 aliphatic heterocycles. The van der Waals surface area contributed by atoms with Gasteiger partial charge in [0.2, 0.25) is 0 Å². The van der Waals surface area contributed by atoms with Crippen LogP contribution in [0, 0.1) is 0 Å². The Hall–Kier alpha value is -1.23. The molecule has 0 bridgehead atoms. The highest BCUT2D eigenvalue weighted by Gasteiger charge is 1.97. The maximum absolute atomic E-state index is 5.28. The Morgan fingerprint density at radius 2 is 2.12 bits per heavy atom. The van der Waals surface area contributed by atoms with Crippen LogP contribution in [0.5, 0.6) is 0 Å². The van der Waals surface area contributed by atoms with E-state index in [-0.39, 0.29) is 5.96 Å². The molecule has 0 aliphatic rings. The number of hydrogen-bond acceptors (Lipinski definition) is 3. The molecule has 17 heavy (non-hydrogen) atoms. The molecule has 94 valence electrons. The van der Waals surface area contributed by atoms with Gasteiger partial charge in [0.05, 0.1) is 16.9 Å². The van der Waals surface area contributed by atoms with E-state index in [1.807, 2.05) is 12.1 Å². The van der Waals surface area contributed by atoms with Gasteiger partial charge in [0.1, 0.15) is 0 Å². The molecule has 0 saturated heterocycles. The summed E-state index contributed by atoms with van der Waals surface area (Å²) < 4.78 is 0. The third-order valence-corrected chi connectivity index (χ3v) is 3.26. The Bertz CT molecular complexity index is 344. The van der Waals surface area contributed by atoms with Crippen LogP contribution in [0.15, 0.2) is 28.3 Å². The zero-order chi connectivity index (χ0) is 12.5. The van der Waals surface area contributed by atoms with Crippen LogP contribution in [0.4, 0.5) is 5.69 Å². The van der Waals surface area contributed by atoms with Crippen LogP contribution in [-0.2, 0) is 0 Å². The second kappa shape index (κ2) is 7.95. The topological polar surface area (TPSA) is 77.3 Å². The van der Waals surface area contributed by atoms with Crippen LogP contribution >= 0.6 is 11.8 Å². The maximum atomic E-state index is 5.28. The summed E-state index contributed by atoms with van der Waals surface area (Å²) >= 11 is 1.78. The van der Waals surface area contributed by atoms with E-state index in [1.54, 1.807) is 18.0 Å². The second-order valence-electron chi connectivity index (χ2n) is 3.80. The average Bonchev–Trinajstić information content (AvgIpc) is 2.30. The van der Waals surface area contributed by atoms with E-state index in [1.165, 1.54) is 25.7 Å². The second-order valence-corrected chi connectivity index (χ2v) is 4.92. The van der Waals surface area contributed by atoms with E-state index in [0.717, 1.165) is 10.8 Å². The van der Waals surface area contributed by atoms with Crippen molar-refractivity contribution in [1.29, 1.82) is 0 Å². The number of aliphatic imine (C=N–C) groups is 1. The molecular weight excluding hydrogens is 232 g/mol. The molecule has 4 nitrogen and oxygen atoms in total. The van der Waals surface area contributed by atoms with E-state index in [2.05, 4.69) is 16.9 Å². The molecule has 0 saturated carbocycles. The molecule has 0 unspecified atom stereocenters. The van der Waals surface area contributed by atoms with Crippen molar-refractivity contribution in [2.75, 3.05) is 5.75 Å². The van der Waals surface area contributed by atoms with Gasteiger partial charge >= 0.3 is 0 Å². The quantitative estimate of drug-likeness (QED) is 0.338. The van der Waals surface area contributed by atoms with Crippen LogP contribution < -0.4 is 11.5 Å². The van der Waals surface area contributed by atoms with Crippen molar-refractivity contribution < 1.29 is 0 Å². The lowest BCUT2D eigenvalue weighted by molar-refractivity contribution is 0.706. The molecule has 1 aromatic heterocycles. The molecule has 1 aromatic rings. The average molecular weight is 252 g/mol. The number of unbranched alkanes of at least 4 members (excludes halogenated alkanes) is 3. The summed E-state index contributed by atoms with van der Waals surface area (Å²) in [4.78, 5) is 8.22. The summed E-state index contributed by atoms with van der Waals surface area (Å²) in [6.45, 7) is 2.22. The molecule has 1 heterocycles. The van der Waals surface area contributed by atoms with Crippen molar-refractivity contribution in [3.63, 3.8) is 0 Å². The molecule has 0 aliphatic carbocycles. The Kier molecular flexibility index (Phi) is 6.47. The van der Waals surface area contributed by atoms with E-state index in [9.17, 15) is 0 Å². The van der Waals surface area contributed by atoms with Gasteiger partial charge in [-0.3, -0.25) is 0 Å². The Balaban J connectivity index is 2.33. The highest BCUT2D eigenvalue weighted by atomic mass is 32.2. The number of thioether (sulfide) groups is 1. The third kappa shape index (κ3) is 6.16. The summed E-state index contributed by atoms with van der Waals surface area (Å²) in [6, 6.07) is 3.83. The summed E-state index contributed by atoms with van der Waals surface area (Å²) in [5.74, 6) is 1.18. The van der Waals surface area contributed by atoms with E-state index in [0.29, 0.717) is 5.69 Å². The fourth-order valence-electron chi connectivity index (χ4n) is 1.38. The number of aromatic nitrogens is 1. The predicted molar refractivity (Wildman–Crippen MR) is 74.6 cm³/mol. The molecular formula is C12H20N4S. The van der Waals surface area contributed by atoms with Crippen molar-refractivity contribution in [1.82, 2.24) is 4.98 Å². The van der Waals surface area contributed by atoms with Crippen LogP contribution in [0.3, 0.4) is 0 Å². The van der Waals surface area contributed by atoms with Gasteiger partial charge in [0, 0.05) is 0 Å². The first-order valence-corrected chi connectivity index (χ1v) is 6.89. The molecule has 1 rings (SSSR count). The number of rotatable bonds is 7. The minimum atomic E-state index is 0.0618. The van der Waals surface area contributed by atoms with Gasteiger partial charge in [-0.15, -0.1) is 11.8 Å². The van der Waals surface area contributed by atoms with Crippen molar-refractivity contribution >= 4 is 23.4 Å². The number of nitrogens with two attached hydrogens (primary N) is 2. The first-order chi connectivity index (χ1) is 8.22. The smallest absolute Gasteiger partial charge is 0.191 e. The lowest BCUT2D eigenvalue weighted by Crippen LogP contribution is -2.21. The molecule has 5 heteroatoms. The van der Waals surface area contributed by atoms with Gasteiger partial charge in [-0.2, -0.15) is 0 Å². The number of guanidine groups is 1. The Morgan fingerprint density at radius 3 is 2.71 bits per heavy atom. The van der Waals surface area contributed by atoms with Crippen molar-refractivity contribution in [3.8, 4) is 0 Å². The van der Waals surface area contributed by atoms with Crippen molar-refractivity contribution in [2.45, 2.75) is 37.6 Å². The highest BCUT2D eigenvalue weighted by Crippen LogP contribution is 2.20. The molecule has 0 atom stereocenters. The predicted octanol–water partition coefficient (Wildman–Crippen LogP) is 2.66. The summed E-state index contributed by atoms with van der Waals surface area (Å²) in [7, 11) is 0. The number of nitrogens with zero attached hydrogens (tertiary/aromatic N) is 2. The van der Waals surface area contributed by atoms with Gasteiger partial charge in [0.15, 0.2) is 5.96 Å². The van der Waals surface area contributed by atoms with Crippen LogP contribution in [-0.4, -0.2) is 16.7 Å². The third-order valence-electron chi connectivity index (χ3n) is 2.23. The van der Waals surface area contributed by atoms with Crippen molar-refractivity contribution in [2.24, 2.45) is 16.5 Å². The zero-order valence-electron chi connectivity index (χ0n) is 10.2. The molecule has 4 N–H and O–H groups in total. The monoisotopic (exact) mass is 252 g/mol. The zero-order valence-corrected chi connectivity index (χ0v) is 11.0. The van der Waals surface area contributed by atoms with Crippen LogP contribution in [0.2, 0.25) is 0 Å². The standard InChI is InChI=1S/C12H20N4S/c1-2-3-4-5-8-17-11-7-6-10(9-15-11)16-12(13)14/h6-7,9H,2-5,8H2,1H3,(H4,13,14,16). The number of pyridine rings is 1. The summed E-state index contributed by atoms with van der Waals surface area (Å²) in [6.07, 6.45) is 6.83. The van der Waals surface area contributed by atoms with Gasteiger partial charge in [-0.05, 0) is 24.3 Å². The van der Waals surface area contributed by atoms with Gasteiger partial charge in [0.25, 0.3) is 0 Å². The minimum Gasteiger partial charge on any atom is -0.370 e. The largest absolute Gasteiger partial charge is 0.370 e. The summed E-state index contributed by atoms with van der Waals surface area (Å²) in [5.41, 5.74) is 11.3. The first kappa shape index (κ1) is 13.8. The fourth-order valence-corrected chi connectivity index (χ4v) is 2.23. The SMILES string of the molecule is CCCCCCSc1ccc(N=C(N)N)cn1. The van der Waals surface area contributed by atoms with E-state index in [4.69, 9.17) is 11.5 Å². The Morgan fingerprint density at radius 1 is 1.29 bits per heavy atom. The van der Waals surface area contributed by atoms with Crippen molar-refractivity contribution in [3.05, 3.63) is 18.3 Å². The van der Waals surface area contributed by atoms with Gasteiger partial charge < -0.3 is 11.5 Å². The molecule has 0 amide bonds. The fraction of sp³-hybridized carbons (Fsp3) is 0.500. The first-order valence-electron chi connectivity index (χ1n) is 5.91. The van der Waals surface area contributed by atoms with E-state index < -0.39 is 0 Å². The lowest BCUT2D eigenvalue weighted by atomic mass is 10.2. The molecule has 0 radical (unpaired) electrons. The van der Waals surface area contributed by atoms with Crippen LogP contribution in [0.25, 0.3) is 0 Å². The number of hydrogen-bond donors (Lipinski definition) is 2. The minimum absolute atomic E-state index is 0.0618. The highest BCUT2D eigenvalue weighted by molar-refractivity contribution is 7.99. The van der Waals surface area contributed by atoms with Gasteiger partial charge in [-0.25, -0.2) is 9.98 Å². The van der Waals surface area contributed by atoms with E-state index >= 15 is 0 Å². The maximum Gasteiger partial charge on any atom is 0.191 e. The summed E-state index contributed by atoms with van der Waals surface area (Å²) in [5, 5.41) is 1.02. The normalized spacial score (nSPS) is 10.2. The lowest BCUT2D eigenvalue weighted by Gasteiger charge is -2.01. The Labute approximate surface area is 107 Å². The van der Waals surface area contributed by atoms with Crippen LogP contribution in [0.1, 0.15) is 32.6 Å². The molecule has 0 spiro atoms. The van der Waals surface area contributed by atoms with Gasteiger partial charge in [-0.1, -0.05) is 26.2 Å². The molecule has 0 aromatic carbocycles. The molecule has 0 fully saturated rings.